The summed E-state index contributed by atoms with van der Waals surface area (Å²) in [6, 6.07) is 0. The first-order chi connectivity index (χ1) is 12.9. The topological polar surface area (TPSA) is 3.24 Å². The molecule has 1 heteroatoms. The highest BCUT2D eigenvalue weighted by atomic mass is 15.2. The molecular weight excluding hydrogens is 326 g/mol. The maximum Gasteiger partial charge on any atom is 0.0213 e. The molecule has 27 heavy (non-hydrogen) atoms. The number of rotatable bonds is 17. The second-order valence-corrected chi connectivity index (χ2v) is 9.45. The van der Waals surface area contributed by atoms with Crippen LogP contribution in [0.5, 0.6) is 0 Å². The third kappa shape index (κ3) is 8.99. The highest BCUT2D eigenvalue weighted by Crippen LogP contribution is 2.46. The Morgan fingerprint density at radius 3 is 2.15 bits per heavy atom. The van der Waals surface area contributed by atoms with E-state index in [2.05, 4.69) is 52.7 Å². The zero-order valence-corrected chi connectivity index (χ0v) is 19.4. The summed E-state index contributed by atoms with van der Waals surface area (Å²) in [4.78, 5) is 2.74. The lowest BCUT2D eigenvalue weighted by Gasteiger charge is -2.31. The Hall–Kier alpha value is -0.560. The quantitative estimate of drug-likeness (QED) is 0.232. The van der Waals surface area contributed by atoms with Gasteiger partial charge < -0.3 is 0 Å². The van der Waals surface area contributed by atoms with Crippen LogP contribution in [0.15, 0.2) is 24.3 Å². The first kappa shape index (κ1) is 24.5. The van der Waals surface area contributed by atoms with Crippen molar-refractivity contribution in [1.82, 2.24) is 4.90 Å². The van der Waals surface area contributed by atoms with Gasteiger partial charge in [-0.15, -0.1) is 0 Å². The molecule has 158 valence electrons. The first-order valence-corrected chi connectivity index (χ1v) is 12.0. The van der Waals surface area contributed by atoms with Crippen molar-refractivity contribution in [1.29, 1.82) is 0 Å². The Morgan fingerprint density at radius 1 is 0.926 bits per heavy atom. The molecule has 0 heterocycles. The summed E-state index contributed by atoms with van der Waals surface area (Å²) in [5.41, 5.74) is 3.46. The molecule has 0 N–H and O–H groups in total. The molecule has 0 aromatic heterocycles. The molecule has 1 aliphatic carbocycles. The SMILES string of the molecule is C=C(CCC(CCC)CCCC(=C)C(C)C)CCC1(N(CC)CCC)CC1. The second kappa shape index (κ2) is 12.8. The van der Waals surface area contributed by atoms with Gasteiger partial charge in [-0.05, 0) is 82.7 Å². The molecule has 0 spiro atoms. The van der Waals surface area contributed by atoms with Crippen LogP contribution >= 0.6 is 0 Å². The van der Waals surface area contributed by atoms with Crippen molar-refractivity contribution in [2.75, 3.05) is 13.1 Å². The molecule has 0 aliphatic heterocycles. The standard InChI is InChI=1S/C26H49N/c1-8-12-25(14-11-13-24(7)22(4)5)16-15-23(6)17-18-26(19-20-26)27(10-3)21-9-2/h22,25H,6-21H2,1-5H3. The monoisotopic (exact) mass is 375 g/mol. The van der Waals surface area contributed by atoms with E-state index in [4.69, 9.17) is 0 Å². The van der Waals surface area contributed by atoms with Crippen molar-refractivity contribution >= 4 is 0 Å². The smallest absolute Gasteiger partial charge is 0.0213 e. The van der Waals surface area contributed by atoms with Crippen molar-refractivity contribution in [2.45, 2.75) is 117 Å². The van der Waals surface area contributed by atoms with E-state index in [9.17, 15) is 0 Å². The van der Waals surface area contributed by atoms with Crippen LogP contribution in [0.3, 0.4) is 0 Å². The van der Waals surface area contributed by atoms with Gasteiger partial charge >= 0.3 is 0 Å². The summed E-state index contributed by atoms with van der Waals surface area (Å²) >= 11 is 0. The van der Waals surface area contributed by atoms with E-state index in [0.717, 1.165) is 5.92 Å². The molecule has 1 unspecified atom stereocenters. The lowest BCUT2D eigenvalue weighted by Crippen LogP contribution is -2.37. The average molecular weight is 376 g/mol. The van der Waals surface area contributed by atoms with Crippen molar-refractivity contribution in [3.05, 3.63) is 24.3 Å². The van der Waals surface area contributed by atoms with Gasteiger partial charge in [-0.2, -0.15) is 0 Å². The van der Waals surface area contributed by atoms with E-state index in [-0.39, 0.29) is 0 Å². The maximum absolute atomic E-state index is 4.45. The van der Waals surface area contributed by atoms with Gasteiger partial charge in [0, 0.05) is 5.54 Å². The molecule has 0 bridgehead atoms. The summed E-state index contributed by atoms with van der Waals surface area (Å²) in [6.45, 7) is 22.7. The van der Waals surface area contributed by atoms with Crippen molar-refractivity contribution in [3.63, 3.8) is 0 Å². The fourth-order valence-corrected chi connectivity index (χ4v) is 4.56. The van der Waals surface area contributed by atoms with E-state index in [1.54, 1.807) is 0 Å². The van der Waals surface area contributed by atoms with Gasteiger partial charge in [-0.1, -0.05) is 78.2 Å². The Morgan fingerprint density at radius 2 is 1.63 bits per heavy atom. The predicted octanol–water partition coefficient (Wildman–Crippen LogP) is 8.17. The van der Waals surface area contributed by atoms with Gasteiger partial charge in [0.1, 0.15) is 0 Å². The maximum atomic E-state index is 4.45. The molecule has 0 radical (unpaired) electrons. The molecule has 1 nitrogen and oxygen atoms in total. The van der Waals surface area contributed by atoms with E-state index < -0.39 is 0 Å². The van der Waals surface area contributed by atoms with Gasteiger partial charge in [0.25, 0.3) is 0 Å². The van der Waals surface area contributed by atoms with Crippen LogP contribution in [0.25, 0.3) is 0 Å². The molecular formula is C26H49N. The van der Waals surface area contributed by atoms with E-state index in [1.165, 1.54) is 101 Å². The van der Waals surface area contributed by atoms with Crippen molar-refractivity contribution < 1.29 is 0 Å². The summed E-state index contributed by atoms with van der Waals surface area (Å²) in [6.07, 6.45) is 15.9. The van der Waals surface area contributed by atoms with Gasteiger partial charge in [0.05, 0.1) is 0 Å². The Bertz CT molecular complexity index is 429. The first-order valence-electron chi connectivity index (χ1n) is 12.0. The summed E-state index contributed by atoms with van der Waals surface area (Å²) in [5.74, 6) is 1.52. The highest BCUT2D eigenvalue weighted by molar-refractivity contribution is 5.07. The zero-order chi connectivity index (χ0) is 20.3. The average Bonchev–Trinajstić information content (AvgIpc) is 3.43. The third-order valence-electron chi connectivity index (χ3n) is 6.85. The van der Waals surface area contributed by atoms with Crippen molar-refractivity contribution in [3.8, 4) is 0 Å². The minimum absolute atomic E-state index is 0.535. The number of allylic oxidation sites excluding steroid dienone is 2. The Balaban J connectivity index is 2.32. The Kier molecular flexibility index (Phi) is 11.6. The van der Waals surface area contributed by atoms with E-state index >= 15 is 0 Å². The van der Waals surface area contributed by atoms with Crippen LogP contribution in [-0.2, 0) is 0 Å². The lowest BCUT2D eigenvalue weighted by atomic mass is 9.88. The largest absolute Gasteiger partial charge is 0.298 e. The molecule has 0 aromatic carbocycles. The molecule has 1 rings (SSSR count). The minimum atomic E-state index is 0.535. The molecule has 1 saturated carbocycles. The lowest BCUT2D eigenvalue weighted by molar-refractivity contribution is 0.176. The van der Waals surface area contributed by atoms with Crippen LogP contribution in [0.2, 0.25) is 0 Å². The highest BCUT2D eigenvalue weighted by Gasteiger charge is 2.46. The van der Waals surface area contributed by atoms with Gasteiger partial charge in [-0.3, -0.25) is 4.90 Å². The molecule has 1 atom stereocenters. The Labute approximate surface area is 171 Å². The van der Waals surface area contributed by atoms with E-state index in [0.29, 0.717) is 11.5 Å². The number of hydrogen-bond acceptors (Lipinski definition) is 1. The fraction of sp³-hybridized carbons (Fsp3) is 0.846. The number of hydrogen-bond donors (Lipinski definition) is 0. The fourth-order valence-electron chi connectivity index (χ4n) is 4.56. The van der Waals surface area contributed by atoms with Gasteiger partial charge in [0.2, 0.25) is 0 Å². The minimum Gasteiger partial charge on any atom is -0.298 e. The van der Waals surface area contributed by atoms with Crippen LogP contribution < -0.4 is 0 Å². The van der Waals surface area contributed by atoms with Crippen molar-refractivity contribution in [2.24, 2.45) is 11.8 Å². The molecule has 1 fully saturated rings. The van der Waals surface area contributed by atoms with Crippen LogP contribution in [0, 0.1) is 11.8 Å². The predicted molar refractivity (Wildman–Crippen MR) is 123 cm³/mol. The summed E-state index contributed by atoms with van der Waals surface area (Å²) < 4.78 is 0. The molecule has 0 amide bonds. The van der Waals surface area contributed by atoms with Crippen LogP contribution in [0.1, 0.15) is 112 Å². The number of nitrogens with zero attached hydrogens (tertiary/aromatic N) is 1. The molecule has 0 saturated heterocycles. The van der Waals surface area contributed by atoms with Crippen LogP contribution in [-0.4, -0.2) is 23.5 Å². The molecule has 1 aliphatic rings. The van der Waals surface area contributed by atoms with E-state index in [1.807, 2.05) is 0 Å². The normalized spacial score (nSPS) is 16.7. The van der Waals surface area contributed by atoms with Gasteiger partial charge in [0.15, 0.2) is 0 Å². The summed E-state index contributed by atoms with van der Waals surface area (Å²) in [7, 11) is 0. The summed E-state index contributed by atoms with van der Waals surface area (Å²) in [5, 5.41) is 0. The van der Waals surface area contributed by atoms with Gasteiger partial charge in [-0.25, -0.2) is 0 Å². The zero-order valence-electron chi connectivity index (χ0n) is 19.4. The second-order valence-electron chi connectivity index (χ2n) is 9.45. The molecule has 0 aromatic rings. The third-order valence-corrected chi connectivity index (χ3v) is 6.85. The van der Waals surface area contributed by atoms with Crippen LogP contribution in [0.4, 0.5) is 0 Å².